The number of carbonyl (C=O) groups excluding carboxylic acids is 1. The van der Waals surface area contributed by atoms with E-state index in [1.54, 1.807) is 26.1 Å². The summed E-state index contributed by atoms with van der Waals surface area (Å²) in [6.45, 7) is 1.91. The fraction of sp³-hybridized carbons (Fsp3) is 0.174. The van der Waals surface area contributed by atoms with Crippen molar-refractivity contribution in [1.82, 2.24) is 15.0 Å². The molecule has 152 valence electrons. The molecule has 0 aliphatic heterocycles. The van der Waals surface area contributed by atoms with Crippen molar-refractivity contribution in [2.45, 2.75) is 19.6 Å². The van der Waals surface area contributed by atoms with Crippen LogP contribution < -0.4 is 4.74 Å². The maximum atomic E-state index is 12.8. The molecule has 6 nitrogen and oxygen atoms in total. The number of benzene rings is 3. The van der Waals surface area contributed by atoms with Crippen LogP contribution in [0.3, 0.4) is 0 Å². The fourth-order valence-corrected chi connectivity index (χ4v) is 3.29. The normalized spacial score (nSPS) is 12.0. The summed E-state index contributed by atoms with van der Waals surface area (Å²) in [4.78, 5) is 18.7. The smallest absolute Gasteiger partial charge is 0.263 e. The third kappa shape index (κ3) is 4.28. The van der Waals surface area contributed by atoms with E-state index >= 15 is 0 Å². The monoisotopic (exact) mass is 421 g/mol. The first-order valence-corrected chi connectivity index (χ1v) is 9.87. The van der Waals surface area contributed by atoms with Gasteiger partial charge in [0.25, 0.3) is 5.91 Å². The first-order valence-electron chi connectivity index (χ1n) is 9.49. The first kappa shape index (κ1) is 19.9. The van der Waals surface area contributed by atoms with Crippen molar-refractivity contribution in [3.8, 4) is 17.1 Å². The number of hydrogen-bond acceptors (Lipinski definition) is 5. The van der Waals surface area contributed by atoms with Crippen molar-refractivity contribution in [3.63, 3.8) is 0 Å². The molecule has 4 aromatic rings. The summed E-state index contributed by atoms with van der Waals surface area (Å²) < 4.78 is 11.3. The lowest BCUT2D eigenvalue weighted by atomic mass is 10.1. The van der Waals surface area contributed by atoms with Crippen molar-refractivity contribution in [3.05, 3.63) is 77.6 Å². The van der Waals surface area contributed by atoms with Crippen LogP contribution >= 0.6 is 11.6 Å². The molecular formula is C23H20ClN3O3. The Morgan fingerprint density at radius 2 is 1.83 bits per heavy atom. The molecule has 1 heterocycles. The Bertz CT molecular complexity index is 1170. The van der Waals surface area contributed by atoms with Gasteiger partial charge in [-0.2, -0.15) is 4.98 Å². The fourth-order valence-electron chi connectivity index (χ4n) is 3.17. The molecule has 1 amide bonds. The summed E-state index contributed by atoms with van der Waals surface area (Å²) in [6, 6.07) is 20.8. The minimum absolute atomic E-state index is 0.183. The van der Waals surface area contributed by atoms with Gasteiger partial charge in [-0.1, -0.05) is 53.2 Å². The third-order valence-corrected chi connectivity index (χ3v) is 4.97. The van der Waals surface area contributed by atoms with E-state index in [1.807, 2.05) is 54.6 Å². The first-order chi connectivity index (χ1) is 14.5. The van der Waals surface area contributed by atoms with Crippen molar-refractivity contribution in [2.75, 3.05) is 7.05 Å². The van der Waals surface area contributed by atoms with Gasteiger partial charge in [-0.25, -0.2) is 0 Å². The standard InChI is InChI=1S/C23H20ClN3O3/c1-15(29-20-9-5-7-16-6-3-4-8-19(16)20)23(28)27(2)14-21-25-22(26-30-21)17-10-12-18(24)13-11-17/h3-13,15H,14H2,1-2H3/t15-/m1/s1. The van der Waals surface area contributed by atoms with E-state index in [2.05, 4.69) is 10.1 Å². The topological polar surface area (TPSA) is 68.5 Å². The highest BCUT2D eigenvalue weighted by molar-refractivity contribution is 6.30. The molecule has 0 aliphatic rings. The van der Waals surface area contributed by atoms with Gasteiger partial charge in [-0.05, 0) is 42.6 Å². The van der Waals surface area contributed by atoms with Gasteiger partial charge in [0.1, 0.15) is 5.75 Å². The predicted molar refractivity (Wildman–Crippen MR) is 115 cm³/mol. The molecule has 0 saturated heterocycles. The molecule has 30 heavy (non-hydrogen) atoms. The summed E-state index contributed by atoms with van der Waals surface area (Å²) in [7, 11) is 1.68. The van der Waals surface area contributed by atoms with Gasteiger partial charge in [0.15, 0.2) is 6.10 Å². The minimum Gasteiger partial charge on any atom is -0.480 e. The maximum Gasteiger partial charge on any atom is 0.263 e. The lowest BCUT2D eigenvalue weighted by molar-refractivity contribution is -0.137. The Morgan fingerprint density at radius 1 is 1.10 bits per heavy atom. The molecule has 0 radical (unpaired) electrons. The molecule has 0 N–H and O–H groups in total. The predicted octanol–water partition coefficient (Wildman–Crippen LogP) is 4.97. The second-order valence-corrected chi connectivity index (χ2v) is 7.39. The van der Waals surface area contributed by atoms with Crippen LogP contribution in [0.1, 0.15) is 12.8 Å². The van der Waals surface area contributed by atoms with Crippen molar-refractivity contribution in [1.29, 1.82) is 0 Å². The van der Waals surface area contributed by atoms with Gasteiger partial charge in [0.05, 0.1) is 6.54 Å². The number of ether oxygens (including phenoxy) is 1. The van der Waals surface area contributed by atoms with Gasteiger partial charge in [0.2, 0.25) is 11.7 Å². The van der Waals surface area contributed by atoms with E-state index in [0.29, 0.717) is 22.5 Å². The molecule has 7 heteroatoms. The average molecular weight is 422 g/mol. The Balaban J connectivity index is 1.42. The number of halogens is 1. The maximum absolute atomic E-state index is 12.8. The van der Waals surface area contributed by atoms with Crippen LogP contribution in [-0.2, 0) is 11.3 Å². The number of nitrogens with zero attached hydrogens (tertiary/aromatic N) is 3. The van der Waals surface area contributed by atoms with Gasteiger partial charge < -0.3 is 14.2 Å². The second kappa shape index (κ2) is 8.55. The zero-order valence-corrected chi connectivity index (χ0v) is 17.3. The summed E-state index contributed by atoms with van der Waals surface area (Å²) >= 11 is 5.91. The van der Waals surface area contributed by atoms with Crippen LogP contribution in [0.5, 0.6) is 5.75 Å². The molecule has 4 rings (SSSR count). The Kier molecular flexibility index (Phi) is 5.68. The summed E-state index contributed by atoms with van der Waals surface area (Å²) in [5.74, 6) is 1.27. The van der Waals surface area contributed by atoms with Crippen LogP contribution in [-0.4, -0.2) is 34.1 Å². The number of aromatic nitrogens is 2. The van der Waals surface area contributed by atoms with Crippen LogP contribution in [0.4, 0.5) is 0 Å². The molecular weight excluding hydrogens is 402 g/mol. The van der Waals surface area contributed by atoms with Crippen molar-refractivity contribution >= 4 is 28.3 Å². The minimum atomic E-state index is -0.667. The van der Waals surface area contributed by atoms with Crippen LogP contribution in [0.15, 0.2) is 71.3 Å². The lowest BCUT2D eigenvalue weighted by Crippen LogP contribution is -2.37. The highest BCUT2D eigenvalue weighted by Gasteiger charge is 2.22. The van der Waals surface area contributed by atoms with Gasteiger partial charge in [0, 0.05) is 23.0 Å². The van der Waals surface area contributed by atoms with E-state index in [9.17, 15) is 4.79 Å². The van der Waals surface area contributed by atoms with Crippen LogP contribution in [0.2, 0.25) is 5.02 Å². The van der Waals surface area contributed by atoms with E-state index in [1.165, 1.54) is 4.90 Å². The van der Waals surface area contributed by atoms with E-state index in [-0.39, 0.29) is 12.5 Å². The zero-order chi connectivity index (χ0) is 21.1. The molecule has 0 unspecified atom stereocenters. The third-order valence-electron chi connectivity index (χ3n) is 4.72. The largest absolute Gasteiger partial charge is 0.480 e. The van der Waals surface area contributed by atoms with Gasteiger partial charge >= 0.3 is 0 Å². The van der Waals surface area contributed by atoms with E-state index < -0.39 is 6.10 Å². The number of hydrogen-bond donors (Lipinski definition) is 0. The zero-order valence-electron chi connectivity index (χ0n) is 16.6. The quantitative estimate of drug-likeness (QED) is 0.439. The van der Waals surface area contributed by atoms with Crippen LogP contribution in [0.25, 0.3) is 22.2 Å². The van der Waals surface area contributed by atoms with Crippen LogP contribution in [0, 0.1) is 0 Å². The molecule has 0 aliphatic carbocycles. The highest BCUT2D eigenvalue weighted by Crippen LogP contribution is 2.26. The number of rotatable bonds is 6. The van der Waals surface area contributed by atoms with Crippen molar-refractivity contribution < 1.29 is 14.1 Å². The van der Waals surface area contributed by atoms with Gasteiger partial charge in [-0.15, -0.1) is 0 Å². The molecule has 1 atom stereocenters. The van der Waals surface area contributed by atoms with Gasteiger partial charge in [-0.3, -0.25) is 4.79 Å². The van der Waals surface area contributed by atoms with Crippen molar-refractivity contribution in [2.24, 2.45) is 0 Å². The molecule has 0 fully saturated rings. The molecule has 0 bridgehead atoms. The summed E-state index contributed by atoms with van der Waals surface area (Å²) in [5, 5.41) is 6.63. The van der Waals surface area contributed by atoms with E-state index in [4.69, 9.17) is 20.9 Å². The number of likely N-dealkylation sites (N-methyl/N-ethyl adjacent to an activating group) is 1. The summed E-state index contributed by atoms with van der Waals surface area (Å²) in [6.07, 6.45) is -0.667. The molecule has 1 aromatic heterocycles. The molecule has 0 spiro atoms. The lowest BCUT2D eigenvalue weighted by Gasteiger charge is -2.21. The summed E-state index contributed by atoms with van der Waals surface area (Å²) in [5.41, 5.74) is 0.788. The highest BCUT2D eigenvalue weighted by atomic mass is 35.5. The Hall–Kier alpha value is -3.38. The SMILES string of the molecule is C[C@@H](Oc1cccc2ccccc12)C(=O)N(C)Cc1nc(-c2ccc(Cl)cc2)no1. The van der Waals surface area contributed by atoms with E-state index in [0.717, 1.165) is 16.3 Å². The molecule has 3 aromatic carbocycles. The molecule has 0 saturated carbocycles. The Morgan fingerprint density at radius 3 is 2.63 bits per heavy atom. The number of fused-ring (bicyclic) bond motifs is 1. The number of amides is 1. The average Bonchev–Trinajstić information content (AvgIpc) is 3.22. The Labute approximate surface area is 179 Å². The second-order valence-electron chi connectivity index (χ2n) is 6.95. The number of carbonyl (C=O) groups is 1.